The Morgan fingerprint density at radius 1 is 0.471 bits per heavy atom. The Bertz CT molecular complexity index is 124. The lowest BCUT2D eigenvalue weighted by Gasteiger charge is -2.34. The Labute approximate surface area is 162 Å². The van der Waals surface area contributed by atoms with Crippen molar-refractivity contribution in [3.05, 3.63) is 0 Å². The fraction of sp³-hybridized carbons (Fsp3) is 1.00. The van der Waals surface area contributed by atoms with Crippen LogP contribution >= 0.6 is 90.4 Å². The molecule has 0 saturated carbocycles. The molecule has 17 heavy (non-hydrogen) atoms. The zero-order valence-electron chi connectivity index (χ0n) is 10.5. The van der Waals surface area contributed by atoms with Crippen molar-refractivity contribution < 1.29 is 0 Å². The third-order valence-electron chi connectivity index (χ3n) is 3.36. The minimum Gasteiger partial charge on any atom is -0.0864 e. The van der Waals surface area contributed by atoms with E-state index in [1.165, 1.54) is 69.1 Å². The minimum absolute atomic E-state index is 0.687. The van der Waals surface area contributed by atoms with Gasteiger partial charge in [-0.05, 0) is 74.5 Å². The van der Waals surface area contributed by atoms with E-state index in [4.69, 9.17) is 0 Å². The van der Waals surface area contributed by atoms with Crippen LogP contribution in [0.2, 0.25) is 0 Å². The smallest absolute Gasteiger partial charge is 0.000452 e. The predicted octanol–water partition coefficient (Wildman–Crippen LogP) is 6.83. The Hall–Kier alpha value is 2.92. The van der Waals surface area contributed by atoms with E-state index < -0.39 is 0 Å². The standard InChI is InChI=1S/C13H24I4/c14-9-1-5-13(6-2-10-15,7-3-11-16)8-4-12-17/h1-12H2. The summed E-state index contributed by atoms with van der Waals surface area (Å²) < 4.78 is 5.33. The second-order valence-electron chi connectivity index (χ2n) is 4.67. The first-order valence-corrected chi connectivity index (χ1v) is 12.6. The Kier molecular flexibility index (Phi) is 16.3. The molecule has 0 aliphatic heterocycles. The van der Waals surface area contributed by atoms with E-state index in [-0.39, 0.29) is 0 Å². The molecule has 0 aromatic heterocycles. The molecule has 0 aliphatic carbocycles. The first-order chi connectivity index (χ1) is 8.24. The average Bonchev–Trinajstić information content (AvgIpc) is 2.37. The highest BCUT2D eigenvalue weighted by molar-refractivity contribution is 14.1. The van der Waals surface area contributed by atoms with E-state index in [1.54, 1.807) is 0 Å². The molecule has 0 atom stereocenters. The molecule has 0 rings (SSSR count). The maximum absolute atomic E-state index is 2.54. The largest absolute Gasteiger partial charge is 0.0864 e. The summed E-state index contributed by atoms with van der Waals surface area (Å²) in [7, 11) is 0. The van der Waals surface area contributed by atoms with Crippen LogP contribution in [0.4, 0.5) is 0 Å². The zero-order valence-corrected chi connectivity index (χ0v) is 19.1. The summed E-state index contributed by atoms with van der Waals surface area (Å²) in [5.74, 6) is 0. The van der Waals surface area contributed by atoms with Crippen molar-refractivity contribution in [2.45, 2.75) is 51.4 Å². The van der Waals surface area contributed by atoms with Gasteiger partial charge in [0, 0.05) is 0 Å². The molecule has 0 amide bonds. The van der Waals surface area contributed by atoms with E-state index in [9.17, 15) is 0 Å². The van der Waals surface area contributed by atoms with Crippen molar-refractivity contribution in [2.24, 2.45) is 5.41 Å². The van der Waals surface area contributed by atoms with E-state index in [1.807, 2.05) is 0 Å². The minimum atomic E-state index is 0.687. The van der Waals surface area contributed by atoms with Gasteiger partial charge in [-0.1, -0.05) is 90.4 Å². The van der Waals surface area contributed by atoms with E-state index >= 15 is 0 Å². The fourth-order valence-electron chi connectivity index (χ4n) is 2.52. The Balaban J connectivity index is 4.39. The molecule has 0 aromatic rings. The number of alkyl halides is 4. The van der Waals surface area contributed by atoms with Gasteiger partial charge in [0.05, 0.1) is 0 Å². The maximum Gasteiger partial charge on any atom is -0.000452 e. The van der Waals surface area contributed by atoms with Crippen molar-refractivity contribution in [1.29, 1.82) is 0 Å². The maximum atomic E-state index is 2.54. The normalized spacial score (nSPS) is 12.0. The topological polar surface area (TPSA) is 0 Å². The molecule has 0 bridgehead atoms. The lowest BCUT2D eigenvalue weighted by atomic mass is 9.72. The molecular formula is C13H24I4. The van der Waals surface area contributed by atoms with Gasteiger partial charge >= 0.3 is 0 Å². The molecule has 0 fully saturated rings. The van der Waals surface area contributed by atoms with Crippen molar-refractivity contribution in [2.75, 3.05) is 17.7 Å². The Morgan fingerprint density at radius 3 is 0.882 bits per heavy atom. The summed E-state index contributed by atoms with van der Waals surface area (Å²) >= 11 is 10.1. The van der Waals surface area contributed by atoms with Crippen LogP contribution < -0.4 is 0 Å². The number of hydrogen-bond donors (Lipinski definition) is 0. The van der Waals surface area contributed by atoms with Gasteiger partial charge in [-0.3, -0.25) is 0 Å². The second kappa shape index (κ2) is 13.9. The summed E-state index contributed by atoms with van der Waals surface area (Å²) in [4.78, 5) is 0. The first-order valence-electron chi connectivity index (χ1n) is 6.48. The van der Waals surface area contributed by atoms with Gasteiger partial charge in [0.15, 0.2) is 0 Å². The molecule has 0 aliphatic rings. The van der Waals surface area contributed by atoms with E-state index in [0.717, 1.165) is 0 Å². The fourth-order valence-corrected chi connectivity index (χ4v) is 4.04. The summed E-state index contributed by atoms with van der Waals surface area (Å²) in [6, 6.07) is 0. The number of hydrogen-bond acceptors (Lipinski definition) is 0. The molecule has 0 nitrogen and oxygen atoms in total. The highest BCUT2D eigenvalue weighted by atomic mass is 127. The third-order valence-corrected chi connectivity index (χ3v) is 6.41. The summed E-state index contributed by atoms with van der Waals surface area (Å²) in [6.07, 6.45) is 11.6. The summed E-state index contributed by atoms with van der Waals surface area (Å²) in [5, 5.41) is 0. The highest BCUT2D eigenvalue weighted by Crippen LogP contribution is 2.40. The lowest BCUT2D eigenvalue weighted by molar-refractivity contribution is 0.194. The van der Waals surface area contributed by atoms with Crippen LogP contribution in [0.15, 0.2) is 0 Å². The van der Waals surface area contributed by atoms with Crippen molar-refractivity contribution in [3.8, 4) is 0 Å². The van der Waals surface area contributed by atoms with E-state index in [0.29, 0.717) is 5.41 Å². The van der Waals surface area contributed by atoms with Gasteiger partial charge in [0.25, 0.3) is 0 Å². The molecule has 0 aromatic carbocycles. The molecule has 104 valence electrons. The molecule has 0 radical (unpaired) electrons. The number of rotatable bonds is 12. The van der Waals surface area contributed by atoms with Gasteiger partial charge in [-0.2, -0.15) is 0 Å². The monoisotopic (exact) mass is 688 g/mol. The SMILES string of the molecule is ICCCC(CCCI)(CCCI)CCCI. The van der Waals surface area contributed by atoms with Crippen molar-refractivity contribution in [1.82, 2.24) is 0 Å². The molecule has 4 heteroatoms. The third kappa shape index (κ3) is 10.3. The molecule has 0 spiro atoms. The second-order valence-corrected chi connectivity index (χ2v) is 8.99. The van der Waals surface area contributed by atoms with Crippen molar-refractivity contribution in [3.63, 3.8) is 0 Å². The lowest BCUT2D eigenvalue weighted by Crippen LogP contribution is -2.22. The number of halogens is 4. The van der Waals surface area contributed by atoms with Gasteiger partial charge in [-0.15, -0.1) is 0 Å². The Morgan fingerprint density at radius 2 is 0.706 bits per heavy atom. The van der Waals surface area contributed by atoms with Gasteiger partial charge < -0.3 is 0 Å². The summed E-state index contributed by atoms with van der Waals surface area (Å²) in [6.45, 7) is 0. The molecule has 0 N–H and O–H groups in total. The van der Waals surface area contributed by atoms with Gasteiger partial charge in [-0.25, -0.2) is 0 Å². The van der Waals surface area contributed by atoms with E-state index in [2.05, 4.69) is 90.4 Å². The van der Waals surface area contributed by atoms with Crippen LogP contribution in [0.25, 0.3) is 0 Å². The van der Waals surface area contributed by atoms with Crippen LogP contribution in [0.3, 0.4) is 0 Å². The quantitative estimate of drug-likeness (QED) is 0.156. The van der Waals surface area contributed by atoms with Crippen molar-refractivity contribution >= 4 is 90.4 Å². The molecular weight excluding hydrogens is 664 g/mol. The highest BCUT2D eigenvalue weighted by Gasteiger charge is 2.27. The van der Waals surface area contributed by atoms with Gasteiger partial charge in [0.1, 0.15) is 0 Å². The van der Waals surface area contributed by atoms with Crippen LogP contribution in [-0.4, -0.2) is 17.7 Å². The van der Waals surface area contributed by atoms with Gasteiger partial charge in [0.2, 0.25) is 0 Å². The van der Waals surface area contributed by atoms with Crippen LogP contribution in [0.5, 0.6) is 0 Å². The average molecular weight is 688 g/mol. The molecule has 0 unspecified atom stereocenters. The predicted molar refractivity (Wildman–Crippen MR) is 115 cm³/mol. The van der Waals surface area contributed by atoms with Crippen LogP contribution in [-0.2, 0) is 0 Å². The molecule has 0 saturated heterocycles. The summed E-state index contributed by atoms with van der Waals surface area (Å²) in [5.41, 5.74) is 0.687. The first kappa shape index (κ1) is 19.9. The molecule has 0 heterocycles. The van der Waals surface area contributed by atoms with Crippen LogP contribution in [0.1, 0.15) is 51.4 Å². The van der Waals surface area contributed by atoms with Crippen LogP contribution in [0, 0.1) is 5.41 Å². The zero-order chi connectivity index (χ0) is 13.0.